The average Bonchev–Trinajstić information content (AvgIpc) is 2.15. The highest BCUT2D eigenvalue weighted by molar-refractivity contribution is 5.71. The molecule has 0 fully saturated rings. The Morgan fingerprint density at radius 2 is 2.07 bits per heavy atom. The molecule has 90 valence electrons. The van der Waals surface area contributed by atoms with Crippen molar-refractivity contribution in [3.05, 3.63) is 0 Å². The third kappa shape index (κ3) is 7.33. The SMILES string of the molecule is CCOC(=O)CN(C)CCC(C)(C)CN. The Labute approximate surface area is 92.8 Å². The molecular formula is C11H24N2O2. The molecule has 0 aromatic heterocycles. The van der Waals surface area contributed by atoms with Crippen LogP contribution in [0.1, 0.15) is 27.2 Å². The first kappa shape index (κ1) is 14.4. The molecule has 0 atom stereocenters. The second-order valence-corrected chi connectivity index (χ2v) is 4.66. The highest BCUT2D eigenvalue weighted by atomic mass is 16.5. The Balaban J connectivity index is 3.75. The zero-order valence-corrected chi connectivity index (χ0v) is 10.4. The van der Waals surface area contributed by atoms with Crippen LogP contribution in [-0.2, 0) is 9.53 Å². The molecule has 0 bridgehead atoms. The molecule has 0 radical (unpaired) electrons. The van der Waals surface area contributed by atoms with Crippen LogP contribution in [-0.4, -0.2) is 44.2 Å². The summed E-state index contributed by atoms with van der Waals surface area (Å²) in [6.45, 7) is 8.41. The Kier molecular flexibility index (Phi) is 6.52. The number of rotatable bonds is 7. The number of carbonyl (C=O) groups excluding carboxylic acids is 1. The summed E-state index contributed by atoms with van der Waals surface area (Å²) in [7, 11) is 1.92. The Morgan fingerprint density at radius 1 is 1.47 bits per heavy atom. The first-order valence-electron chi connectivity index (χ1n) is 5.45. The quantitative estimate of drug-likeness (QED) is 0.641. The number of ether oxygens (including phenoxy) is 1. The van der Waals surface area contributed by atoms with Crippen LogP contribution in [0.15, 0.2) is 0 Å². The fraction of sp³-hybridized carbons (Fsp3) is 0.909. The van der Waals surface area contributed by atoms with Crippen LogP contribution in [0.2, 0.25) is 0 Å². The summed E-state index contributed by atoms with van der Waals surface area (Å²) in [5.41, 5.74) is 5.77. The van der Waals surface area contributed by atoms with Crippen molar-refractivity contribution < 1.29 is 9.53 Å². The van der Waals surface area contributed by atoms with Crippen molar-refractivity contribution in [2.75, 3.05) is 33.3 Å². The van der Waals surface area contributed by atoms with Crippen molar-refractivity contribution >= 4 is 5.97 Å². The van der Waals surface area contributed by atoms with Crippen molar-refractivity contribution in [3.63, 3.8) is 0 Å². The summed E-state index contributed by atoms with van der Waals surface area (Å²) in [6.07, 6.45) is 0.986. The van der Waals surface area contributed by atoms with Crippen LogP contribution in [0, 0.1) is 5.41 Å². The van der Waals surface area contributed by atoms with Gasteiger partial charge in [0.1, 0.15) is 0 Å². The maximum atomic E-state index is 11.2. The lowest BCUT2D eigenvalue weighted by Crippen LogP contribution is -2.33. The van der Waals surface area contributed by atoms with E-state index in [1.165, 1.54) is 0 Å². The zero-order valence-electron chi connectivity index (χ0n) is 10.4. The van der Waals surface area contributed by atoms with Gasteiger partial charge < -0.3 is 10.5 Å². The van der Waals surface area contributed by atoms with Gasteiger partial charge in [-0.05, 0) is 38.9 Å². The Morgan fingerprint density at radius 3 is 2.53 bits per heavy atom. The number of nitrogens with zero attached hydrogens (tertiary/aromatic N) is 1. The van der Waals surface area contributed by atoms with E-state index >= 15 is 0 Å². The molecule has 0 spiro atoms. The van der Waals surface area contributed by atoms with E-state index in [4.69, 9.17) is 10.5 Å². The summed E-state index contributed by atoms with van der Waals surface area (Å²) in [6, 6.07) is 0. The minimum absolute atomic E-state index is 0.142. The van der Waals surface area contributed by atoms with Gasteiger partial charge in [-0.3, -0.25) is 9.69 Å². The molecule has 0 aliphatic heterocycles. The van der Waals surface area contributed by atoms with Crippen molar-refractivity contribution in [1.82, 2.24) is 4.90 Å². The molecule has 0 amide bonds. The van der Waals surface area contributed by atoms with Gasteiger partial charge in [0.15, 0.2) is 0 Å². The van der Waals surface area contributed by atoms with Gasteiger partial charge >= 0.3 is 5.97 Å². The van der Waals surface area contributed by atoms with E-state index < -0.39 is 0 Å². The molecule has 15 heavy (non-hydrogen) atoms. The second-order valence-electron chi connectivity index (χ2n) is 4.66. The third-order valence-electron chi connectivity index (χ3n) is 2.43. The summed E-state index contributed by atoms with van der Waals surface area (Å²) in [5, 5.41) is 0. The lowest BCUT2D eigenvalue weighted by molar-refractivity contribution is -0.144. The number of hydrogen-bond donors (Lipinski definition) is 1. The molecule has 0 saturated carbocycles. The van der Waals surface area contributed by atoms with Gasteiger partial charge in [0.25, 0.3) is 0 Å². The first-order valence-corrected chi connectivity index (χ1v) is 5.45. The molecule has 2 N–H and O–H groups in total. The van der Waals surface area contributed by atoms with Crippen LogP contribution in [0.25, 0.3) is 0 Å². The molecule has 0 saturated heterocycles. The van der Waals surface area contributed by atoms with Gasteiger partial charge in [-0.25, -0.2) is 0 Å². The second kappa shape index (κ2) is 6.80. The minimum atomic E-state index is -0.162. The van der Waals surface area contributed by atoms with Gasteiger partial charge in [-0.2, -0.15) is 0 Å². The van der Waals surface area contributed by atoms with E-state index in [1.807, 2.05) is 18.9 Å². The van der Waals surface area contributed by atoms with Gasteiger partial charge in [0, 0.05) is 0 Å². The zero-order chi connectivity index (χ0) is 11.9. The maximum absolute atomic E-state index is 11.2. The van der Waals surface area contributed by atoms with E-state index in [9.17, 15) is 4.79 Å². The molecule has 4 nitrogen and oxygen atoms in total. The summed E-state index contributed by atoms with van der Waals surface area (Å²) in [4.78, 5) is 13.1. The number of hydrogen-bond acceptors (Lipinski definition) is 4. The van der Waals surface area contributed by atoms with Gasteiger partial charge in [-0.1, -0.05) is 13.8 Å². The van der Waals surface area contributed by atoms with Gasteiger partial charge in [-0.15, -0.1) is 0 Å². The fourth-order valence-corrected chi connectivity index (χ4v) is 1.10. The van der Waals surface area contributed by atoms with Crippen molar-refractivity contribution in [2.24, 2.45) is 11.1 Å². The molecule has 0 aromatic carbocycles. The van der Waals surface area contributed by atoms with Crippen molar-refractivity contribution in [1.29, 1.82) is 0 Å². The summed E-state index contributed by atoms with van der Waals surface area (Å²) in [5.74, 6) is -0.162. The molecule has 0 aromatic rings. The van der Waals surface area contributed by atoms with Gasteiger partial charge in [0.05, 0.1) is 13.2 Å². The first-order chi connectivity index (χ1) is 6.91. The Bertz CT molecular complexity index is 193. The van der Waals surface area contributed by atoms with E-state index in [-0.39, 0.29) is 11.4 Å². The predicted molar refractivity (Wildman–Crippen MR) is 61.6 cm³/mol. The van der Waals surface area contributed by atoms with Crippen LogP contribution in [0.4, 0.5) is 0 Å². The smallest absolute Gasteiger partial charge is 0.320 e. The van der Waals surface area contributed by atoms with E-state index in [0.717, 1.165) is 13.0 Å². The molecule has 0 unspecified atom stereocenters. The maximum Gasteiger partial charge on any atom is 0.320 e. The van der Waals surface area contributed by atoms with E-state index in [2.05, 4.69) is 13.8 Å². The van der Waals surface area contributed by atoms with Crippen molar-refractivity contribution in [2.45, 2.75) is 27.2 Å². The number of esters is 1. The highest BCUT2D eigenvalue weighted by Crippen LogP contribution is 2.17. The topological polar surface area (TPSA) is 55.6 Å². The van der Waals surface area contributed by atoms with Crippen LogP contribution >= 0.6 is 0 Å². The van der Waals surface area contributed by atoms with Gasteiger partial charge in [0.2, 0.25) is 0 Å². The third-order valence-corrected chi connectivity index (χ3v) is 2.43. The Hall–Kier alpha value is -0.610. The molecule has 0 rings (SSSR count). The predicted octanol–water partition coefficient (Wildman–Crippen LogP) is 0.856. The normalized spacial score (nSPS) is 11.9. The lowest BCUT2D eigenvalue weighted by Gasteiger charge is -2.25. The molecule has 4 heteroatoms. The van der Waals surface area contributed by atoms with Crippen molar-refractivity contribution in [3.8, 4) is 0 Å². The minimum Gasteiger partial charge on any atom is -0.465 e. The molecular weight excluding hydrogens is 192 g/mol. The van der Waals surface area contributed by atoms with E-state index in [1.54, 1.807) is 0 Å². The fourth-order valence-electron chi connectivity index (χ4n) is 1.10. The molecule has 0 aliphatic rings. The summed E-state index contributed by atoms with van der Waals surface area (Å²) >= 11 is 0. The highest BCUT2D eigenvalue weighted by Gasteiger charge is 2.17. The number of likely N-dealkylation sites (N-methyl/N-ethyl adjacent to an activating group) is 1. The lowest BCUT2D eigenvalue weighted by atomic mass is 9.89. The number of carbonyl (C=O) groups is 1. The van der Waals surface area contributed by atoms with Crippen LogP contribution in [0.3, 0.4) is 0 Å². The largest absolute Gasteiger partial charge is 0.465 e. The standard InChI is InChI=1S/C11H24N2O2/c1-5-15-10(14)8-13(4)7-6-11(2,3)9-12/h5-9,12H2,1-4H3. The summed E-state index contributed by atoms with van der Waals surface area (Å²) < 4.78 is 4.87. The average molecular weight is 216 g/mol. The van der Waals surface area contributed by atoms with Crippen LogP contribution < -0.4 is 5.73 Å². The van der Waals surface area contributed by atoms with Crippen LogP contribution in [0.5, 0.6) is 0 Å². The monoisotopic (exact) mass is 216 g/mol. The number of nitrogens with two attached hydrogens (primary N) is 1. The van der Waals surface area contributed by atoms with E-state index in [0.29, 0.717) is 19.7 Å². The molecule has 0 aliphatic carbocycles. The molecule has 0 heterocycles.